The van der Waals surface area contributed by atoms with Crippen molar-refractivity contribution in [3.05, 3.63) is 45.4 Å². The van der Waals surface area contributed by atoms with Gasteiger partial charge in [0.05, 0.1) is 18.7 Å². The van der Waals surface area contributed by atoms with Crippen molar-refractivity contribution in [2.45, 2.75) is 33.7 Å². The highest BCUT2D eigenvalue weighted by Gasteiger charge is 2.02. The average molecular weight is 347 g/mol. The van der Waals surface area contributed by atoms with E-state index in [0.717, 1.165) is 41.8 Å². The number of aromatic nitrogens is 1. The van der Waals surface area contributed by atoms with Crippen LogP contribution in [0.2, 0.25) is 0 Å². The minimum Gasteiger partial charge on any atom is -0.496 e. The van der Waals surface area contributed by atoms with Gasteiger partial charge in [-0.15, -0.1) is 11.3 Å². The molecule has 130 valence electrons. The summed E-state index contributed by atoms with van der Waals surface area (Å²) in [6.45, 7) is 8.49. The number of rotatable bonds is 7. The Morgan fingerprint density at radius 1 is 1.29 bits per heavy atom. The fourth-order valence-electron chi connectivity index (χ4n) is 2.36. The first kappa shape index (κ1) is 18.3. The summed E-state index contributed by atoms with van der Waals surface area (Å²) >= 11 is 1.74. The van der Waals surface area contributed by atoms with Crippen LogP contribution in [0.3, 0.4) is 0 Å². The first-order valence-electron chi connectivity index (χ1n) is 8.19. The maximum atomic E-state index is 5.30. The van der Waals surface area contributed by atoms with E-state index in [1.54, 1.807) is 18.4 Å². The number of hydrogen-bond acceptors (Lipinski definition) is 4. The lowest BCUT2D eigenvalue weighted by atomic mass is 10.1. The van der Waals surface area contributed by atoms with Gasteiger partial charge in [-0.1, -0.05) is 12.1 Å². The Morgan fingerprint density at radius 3 is 2.75 bits per heavy atom. The zero-order chi connectivity index (χ0) is 17.4. The third-order valence-corrected chi connectivity index (χ3v) is 4.50. The zero-order valence-corrected chi connectivity index (χ0v) is 15.7. The van der Waals surface area contributed by atoms with Crippen molar-refractivity contribution in [2.24, 2.45) is 4.99 Å². The van der Waals surface area contributed by atoms with Gasteiger partial charge in [-0.05, 0) is 38.0 Å². The molecule has 2 N–H and O–H groups in total. The summed E-state index contributed by atoms with van der Waals surface area (Å²) in [6.07, 6.45) is 2.83. The number of aryl methyl sites for hydroxylation is 2. The minimum atomic E-state index is 0.635. The fraction of sp³-hybridized carbons (Fsp3) is 0.444. The van der Waals surface area contributed by atoms with Gasteiger partial charge >= 0.3 is 0 Å². The molecule has 1 heterocycles. The van der Waals surface area contributed by atoms with E-state index in [-0.39, 0.29) is 0 Å². The van der Waals surface area contributed by atoms with Crippen molar-refractivity contribution in [3.8, 4) is 5.75 Å². The molecule has 6 heteroatoms. The van der Waals surface area contributed by atoms with Crippen LogP contribution >= 0.6 is 11.3 Å². The van der Waals surface area contributed by atoms with Gasteiger partial charge in [-0.3, -0.25) is 0 Å². The number of hydrogen-bond donors (Lipinski definition) is 2. The molecule has 1 aromatic carbocycles. The second kappa shape index (κ2) is 9.27. The molecular weight excluding hydrogens is 320 g/mol. The number of aliphatic imine (C=N–C) groups is 1. The monoisotopic (exact) mass is 346 g/mol. The highest BCUT2D eigenvalue weighted by Crippen LogP contribution is 2.18. The number of nitrogens with zero attached hydrogens (tertiary/aromatic N) is 2. The molecule has 0 fully saturated rings. The third-order valence-electron chi connectivity index (χ3n) is 3.52. The van der Waals surface area contributed by atoms with Crippen LogP contribution in [0, 0.1) is 13.8 Å². The van der Waals surface area contributed by atoms with E-state index in [1.165, 1.54) is 10.4 Å². The summed E-state index contributed by atoms with van der Waals surface area (Å²) in [5.41, 5.74) is 2.29. The Morgan fingerprint density at radius 2 is 2.12 bits per heavy atom. The van der Waals surface area contributed by atoms with E-state index >= 15 is 0 Å². The Kier molecular flexibility index (Phi) is 7.06. The second-order valence-electron chi connectivity index (χ2n) is 5.54. The maximum absolute atomic E-state index is 5.30. The highest BCUT2D eigenvalue weighted by atomic mass is 32.1. The van der Waals surface area contributed by atoms with E-state index in [1.807, 2.05) is 19.2 Å². The van der Waals surface area contributed by atoms with Crippen molar-refractivity contribution in [1.82, 2.24) is 15.6 Å². The van der Waals surface area contributed by atoms with Crippen LogP contribution in [-0.4, -0.2) is 31.1 Å². The van der Waals surface area contributed by atoms with Crippen LogP contribution < -0.4 is 15.4 Å². The van der Waals surface area contributed by atoms with E-state index in [9.17, 15) is 0 Å². The molecule has 0 radical (unpaired) electrons. The first-order chi connectivity index (χ1) is 11.6. The molecule has 0 aliphatic carbocycles. The van der Waals surface area contributed by atoms with E-state index in [0.29, 0.717) is 6.54 Å². The lowest BCUT2D eigenvalue weighted by Gasteiger charge is -2.11. The lowest BCUT2D eigenvalue weighted by molar-refractivity contribution is 0.411. The quantitative estimate of drug-likeness (QED) is 0.597. The predicted molar refractivity (Wildman–Crippen MR) is 101 cm³/mol. The van der Waals surface area contributed by atoms with E-state index in [2.05, 4.69) is 46.6 Å². The number of nitrogens with one attached hydrogen (secondary N) is 2. The molecule has 0 bridgehead atoms. The van der Waals surface area contributed by atoms with Gasteiger partial charge in [0.1, 0.15) is 5.75 Å². The molecule has 1 aromatic heterocycles. The van der Waals surface area contributed by atoms with Gasteiger partial charge in [0.2, 0.25) is 0 Å². The van der Waals surface area contributed by atoms with E-state index < -0.39 is 0 Å². The molecule has 0 aliphatic rings. The molecule has 0 amide bonds. The van der Waals surface area contributed by atoms with Crippen molar-refractivity contribution >= 4 is 17.3 Å². The molecule has 2 rings (SSSR count). The maximum Gasteiger partial charge on any atom is 0.191 e. The normalized spacial score (nSPS) is 11.4. The van der Waals surface area contributed by atoms with Gasteiger partial charge < -0.3 is 15.4 Å². The summed E-state index contributed by atoms with van der Waals surface area (Å²) in [4.78, 5) is 10.3. The molecule has 0 saturated heterocycles. The third kappa shape index (κ3) is 5.53. The van der Waals surface area contributed by atoms with Gasteiger partial charge in [-0.2, -0.15) is 0 Å². The first-order valence-corrected chi connectivity index (χ1v) is 9.01. The molecule has 5 nitrogen and oxygen atoms in total. The Bertz CT molecular complexity index is 681. The topological polar surface area (TPSA) is 58.5 Å². The van der Waals surface area contributed by atoms with Crippen LogP contribution in [-0.2, 0) is 13.0 Å². The second-order valence-corrected chi connectivity index (χ2v) is 6.86. The number of thiazole rings is 1. The van der Waals surface area contributed by atoms with Gasteiger partial charge in [0.25, 0.3) is 0 Å². The standard InChI is InChI=1S/C18H26N4OS/c1-5-19-18(20-9-8-17-21-11-14(3)24-17)22-12-15-6-7-16(23-4)13(2)10-15/h6-7,10-11H,5,8-9,12H2,1-4H3,(H2,19,20,22). The van der Waals surface area contributed by atoms with Crippen molar-refractivity contribution in [2.75, 3.05) is 20.2 Å². The SMILES string of the molecule is CCNC(=NCc1ccc(OC)c(C)c1)NCCc1ncc(C)s1. The van der Waals surface area contributed by atoms with Gasteiger partial charge in [0, 0.05) is 30.6 Å². The highest BCUT2D eigenvalue weighted by molar-refractivity contribution is 7.11. The summed E-state index contributed by atoms with van der Waals surface area (Å²) < 4.78 is 5.30. The average Bonchev–Trinajstić information content (AvgIpc) is 2.98. The largest absolute Gasteiger partial charge is 0.496 e. The molecule has 0 aliphatic heterocycles. The summed E-state index contributed by atoms with van der Waals surface area (Å²) in [6, 6.07) is 6.16. The summed E-state index contributed by atoms with van der Waals surface area (Å²) in [7, 11) is 1.69. The number of ether oxygens (including phenoxy) is 1. The van der Waals surface area contributed by atoms with Gasteiger partial charge in [-0.25, -0.2) is 9.98 Å². The molecule has 0 spiro atoms. The summed E-state index contributed by atoms with van der Waals surface area (Å²) in [5.74, 6) is 1.74. The predicted octanol–water partition coefficient (Wildman–Crippen LogP) is 3.07. The molecule has 24 heavy (non-hydrogen) atoms. The molecule has 2 aromatic rings. The number of benzene rings is 1. The Hall–Kier alpha value is -2.08. The van der Waals surface area contributed by atoms with Crippen LogP contribution in [0.1, 0.15) is 27.9 Å². The van der Waals surface area contributed by atoms with Gasteiger partial charge in [0.15, 0.2) is 5.96 Å². The van der Waals surface area contributed by atoms with E-state index in [4.69, 9.17) is 4.74 Å². The van der Waals surface area contributed by atoms with Crippen molar-refractivity contribution < 1.29 is 4.74 Å². The summed E-state index contributed by atoms with van der Waals surface area (Å²) in [5, 5.41) is 7.80. The minimum absolute atomic E-state index is 0.635. The Balaban J connectivity index is 1.91. The van der Waals surface area contributed by atoms with Crippen LogP contribution in [0.25, 0.3) is 0 Å². The molecule has 0 saturated carbocycles. The van der Waals surface area contributed by atoms with Crippen molar-refractivity contribution in [1.29, 1.82) is 0 Å². The lowest BCUT2D eigenvalue weighted by Crippen LogP contribution is -2.38. The molecule has 0 atom stereocenters. The smallest absolute Gasteiger partial charge is 0.191 e. The molecule has 0 unspecified atom stereocenters. The fourth-order valence-corrected chi connectivity index (χ4v) is 3.14. The van der Waals surface area contributed by atoms with Crippen LogP contribution in [0.4, 0.5) is 0 Å². The van der Waals surface area contributed by atoms with Crippen LogP contribution in [0.15, 0.2) is 29.4 Å². The number of guanidine groups is 1. The Labute approximate surface area is 148 Å². The van der Waals surface area contributed by atoms with Crippen molar-refractivity contribution in [3.63, 3.8) is 0 Å². The van der Waals surface area contributed by atoms with Crippen LogP contribution in [0.5, 0.6) is 5.75 Å². The molecular formula is C18H26N4OS. The number of methoxy groups -OCH3 is 1. The zero-order valence-electron chi connectivity index (χ0n) is 14.8.